The summed E-state index contributed by atoms with van der Waals surface area (Å²) in [6.07, 6.45) is 1.72. The Bertz CT molecular complexity index is 522. The molecule has 0 saturated heterocycles. The molecule has 0 amide bonds. The van der Waals surface area contributed by atoms with Crippen LogP contribution in [-0.2, 0) is 6.54 Å². The number of furan rings is 1. The van der Waals surface area contributed by atoms with Gasteiger partial charge in [0.1, 0.15) is 5.76 Å². The van der Waals surface area contributed by atoms with Gasteiger partial charge in [-0.05, 0) is 47.1 Å². The average Bonchev–Trinajstić information content (AvgIpc) is 2.64. The molecule has 0 saturated carbocycles. The Morgan fingerprint density at radius 1 is 1.35 bits per heavy atom. The van der Waals surface area contributed by atoms with E-state index in [0.29, 0.717) is 0 Å². The molecule has 0 fully saturated rings. The second kappa shape index (κ2) is 4.84. The van der Waals surface area contributed by atoms with Crippen LogP contribution in [0.3, 0.4) is 0 Å². The second-order valence-electron chi connectivity index (χ2n) is 4.07. The van der Waals surface area contributed by atoms with Gasteiger partial charge in [0.15, 0.2) is 0 Å². The number of halogens is 1. The van der Waals surface area contributed by atoms with Gasteiger partial charge in [-0.1, -0.05) is 0 Å². The van der Waals surface area contributed by atoms with E-state index in [1.54, 1.807) is 6.26 Å². The van der Waals surface area contributed by atoms with Crippen LogP contribution in [-0.4, -0.2) is 7.05 Å². The van der Waals surface area contributed by atoms with Crippen molar-refractivity contribution < 1.29 is 4.42 Å². The van der Waals surface area contributed by atoms with Crippen LogP contribution in [0.15, 0.2) is 39.4 Å². The van der Waals surface area contributed by atoms with Crippen LogP contribution < -0.4 is 10.6 Å². The maximum Gasteiger partial charge on any atom is 0.105 e. The normalized spacial score (nSPS) is 10.5. The highest BCUT2D eigenvalue weighted by Crippen LogP contribution is 2.28. The van der Waals surface area contributed by atoms with Gasteiger partial charge in [0, 0.05) is 29.3 Å². The van der Waals surface area contributed by atoms with Gasteiger partial charge < -0.3 is 15.1 Å². The van der Waals surface area contributed by atoms with Crippen LogP contribution in [0.5, 0.6) is 0 Å². The van der Waals surface area contributed by atoms with E-state index < -0.39 is 0 Å². The molecule has 2 aromatic rings. The lowest BCUT2D eigenvalue weighted by molar-refractivity contribution is 0.529. The number of rotatable bonds is 3. The molecule has 2 N–H and O–H groups in total. The molecule has 1 aromatic heterocycles. The molecule has 90 valence electrons. The number of nitrogens with two attached hydrogens (primary N) is 1. The van der Waals surface area contributed by atoms with E-state index in [4.69, 9.17) is 10.2 Å². The number of nitrogen functional groups attached to an aromatic ring is 1. The summed E-state index contributed by atoms with van der Waals surface area (Å²) in [4.78, 5) is 2.15. The van der Waals surface area contributed by atoms with Crippen molar-refractivity contribution in [3.63, 3.8) is 0 Å². The average molecular weight is 295 g/mol. The first-order valence-corrected chi connectivity index (χ1v) is 6.16. The summed E-state index contributed by atoms with van der Waals surface area (Å²) in [7, 11) is 2.04. The molecule has 4 heteroatoms. The van der Waals surface area contributed by atoms with E-state index in [2.05, 4.69) is 20.8 Å². The third kappa shape index (κ3) is 2.64. The monoisotopic (exact) mass is 294 g/mol. The van der Waals surface area contributed by atoms with Crippen molar-refractivity contribution in [3.8, 4) is 0 Å². The molecule has 0 unspecified atom stereocenters. The van der Waals surface area contributed by atoms with Crippen molar-refractivity contribution in [1.82, 2.24) is 0 Å². The zero-order valence-corrected chi connectivity index (χ0v) is 11.5. The number of benzene rings is 1. The van der Waals surface area contributed by atoms with Crippen molar-refractivity contribution in [3.05, 3.63) is 46.3 Å². The minimum absolute atomic E-state index is 0.758. The van der Waals surface area contributed by atoms with Crippen molar-refractivity contribution in [2.75, 3.05) is 17.7 Å². The zero-order valence-electron chi connectivity index (χ0n) is 9.90. The number of hydrogen-bond donors (Lipinski definition) is 1. The maximum atomic E-state index is 5.72. The first-order valence-electron chi connectivity index (χ1n) is 5.37. The quantitative estimate of drug-likeness (QED) is 0.880. The van der Waals surface area contributed by atoms with Gasteiger partial charge in [0.05, 0.1) is 12.0 Å². The molecular weight excluding hydrogens is 280 g/mol. The Balaban J connectivity index is 2.20. The van der Waals surface area contributed by atoms with E-state index in [9.17, 15) is 0 Å². The van der Waals surface area contributed by atoms with Crippen LogP contribution in [0.2, 0.25) is 0 Å². The number of hydrogen-bond acceptors (Lipinski definition) is 3. The highest BCUT2D eigenvalue weighted by Gasteiger charge is 2.09. The smallest absolute Gasteiger partial charge is 0.105 e. The Kier molecular flexibility index (Phi) is 3.43. The van der Waals surface area contributed by atoms with Crippen molar-refractivity contribution in [2.24, 2.45) is 0 Å². The lowest BCUT2D eigenvalue weighted by atomic mass is 10.2. The lowest BCUT2D eigenvalue weighted by Gasteiger charge is -2.20. The number of aryl methyl sites for hydroxylation is 1. The molecule has 1 aromatic carbocycles. The van der Waals surface area contributed by atoms with Gasteiger partial charge in [-0.15, -0.1) is 0 Å². The largest absolute Gasteiger partial charge is 0.469 e. The molecule has 2 rings (SSSR count). The summed E-state index contributed by atoms with van der Waals surface area (Å²) in [5.41, 5.74) is 8.78. The predicted octanol–water partition coefficient (Wildman–Crippen LogP) is 3.57. The zero-order chi connectivity index (χ0) is 12.4. The van der Waals surface area contributed by atoms with Crippen LogP contribution in [0.1, 0.15) is 11.3 Å². The number of nitrogens with zero attached hydrogens (tertiary/aromatic N) is 1. The molecule has 0 atom stereocenters. The van der Waals surface area contributed by atoms with Crippen molar-refractivity contribution >= 4 is 27.3 Å². The van der Waals surface area contributed by atoms with Crippen LogP contribution >= 0.6 is 15.9 Å². The summed E-state index contributed by atoms with van der Waals surface area (Å²) in [6, 6.07) is 7.82. The third-order valence-electron chi connectivity index (χ3n) is 2.76. The van der Waals surface area contributed by atoms with Gasteiger partial charge in [0.25, 0.3) is 0 Å². The number of anilines is 2. The minimum Gasteiger partial charge on any atom is -0.469 e. The summed E-state index contributed by atoms with van der Waals surface area (Å²) in [5, 5.41) is 0. The van der Waals surface area contributed by atoms with Crippen LogP contribution in [0.4, 0.5) is 11.4 Å². The van der Waals surface area contributed by atoms with Gasteiger partial charge in [-0.3, -0.25) is 0 Å². The lowest BCUT2D eigenvalue weighted by Crippen LogP contribution is -2.17. The highest BCUT2D eigenvalue weighted by molar-refractivity contribution is 9.10. The van der Waals surface area contributed by atoms with Gasteiger partial charge >= 0.3 is 0 Å². The SMILES string of the molecule is Cc1occc1CN(C)c1ccc(N)cc1Br. The first kappa shape index (κ1) is 12.0. The van der Waals surface area contributed by atoms with Crippen molar-refractivity contribution in [1.29, 1.82) is 0 Å². The van der Waals surface area contributed by atoms with Gasteiger partial charge in [-0.25, -0.2) is 0 Å². The third-order valence-corrected chi connectivity index (χ3v) is 3.39. The fraction of sp³-hybridized carbons (Fsp3) is 0.231. The van der Waals surface area contributed by atoms with E-state index in [-0.39, 0.29) is 0 Å². The van der Waals surface area contributed by atoms with Crippen LogP contribution in [0, 0.1) is 6.92 Å². The Morgan fingerprint density at radius 2 is 2.12 bits per heavy atom. The summed E-state index contributed by atoms with van der Waals surface area (Å²) in [6.45, 7) is 2.78. The molecule has 0 aliphatic rings. The topological polar surface area (TPSA) is 42.4 Å². The Hall–Kier alpha value is -1.42. The Morgan fingerprint density at radius 3 is 2.71 bits per heavy atom. The fourth-order valence-corrected chi connectivity index (χ4v) is 2.45. The molecular formula is C13H15BrN2O. The Labute approximate surface area is 109 Å². The fourth-order valence-electron chi connectivity index (χ4n) is 1.75. The molecule has 0 radical (unpaired) electrons. The van der Waals surface area contributed by atoms with Gasteiger partial charge in [-0.2, -0.15) is 0 Å². The molecule has 0 aliphatic carbocycles. The van der Waals surface area contributed by atoms with Crippen LogP contribution in [0.25, 0.3) is 0 Å². The molecule has 17 heavy (non-hydrogen) atoms. The summed E-state index contributed by atoms with van der Waals surface area (Å²) < 4.78 is 6.29. The standard InChI is InChI=1S/C13H15BrN2O/c1-9-10(5-6-17-9)8-16(2)13-4-3-11(15)7-12(13)14/h3-7H,8,15H2,1-2H3. The van der Waals surface area contributed by atoms with E-state index >= 15 is 0 Å². The second-order valence-corrected chi connectivity index (χ2v) is 4.92. The van der Waals surface area contributed by atoms with Gasteiger partial charge in [0.2, 0.25) is 0 Å². The summed E-state index contributed by atoms with van der Waals surface area (Å²) >= 11 is 3.53. The first-order chi connectivity index (χ1) is 8.08. The molecule has 1 heterocycles. The van der Waals surface area contributed by atoms with Crippen molar-refractivity contribution in [2.45, 2.75) is 13.5 Å². The maximum absolute atomic E-state index is 5.72. The molecule has 0 aliphatic heterocycles. The summed E-state index contributed by atoms with van der Waals surface area (Å²) in [5.74, 6) is 0.961. The van der Waals surface area contributed by atoms with E-state index in [1.165, 1.54) is 5.56 Å². The predicted molar refractivity (Wildman–Crippen MR) is 74.1 cm³/mol. The molecule has 0 spiro atoms. The van der Waals surface area contributed by atoms with E-state index in [1.807, 2.05) is 38.2 Å². The molecule has 0 bridgehead atoms. The molecule has 3 nitrogen and oxygen atoms in total. The van der Waals surface area contributed by atoms with E-state index in [0.717, 1.165) is 28.2 Å². The highest BCUT2D eigenvalue weighted by atomic mass is 79.9. The minimum atomic E-state index is 0.758.